The first-order valence-electron chi connectivity index (χ1n) is 7.24. The van der Waals surface area contributed by atoms with Gasteiger partial charge >= 0.3 is 6.18 Å². The summed E-state index contributed by atoms with van der Waals surface area (Å²) in [6.07, 6.45) is -7.31. The molecule has 0 aliphatic rings. The van der Waals surface area contributed by atoms with Crippen molar-refractivity contribution in [2.45, 2.75) is 12.6 Å². The van der Waals surface area contributed by atoms with E-state index in [0.29, 0.717) is 0 Å². The Balaban J connectivity index is 2.16. The molecule has 0 saturated heterocycles. The van der Waals surface area contributed by atoms with Gasteiger partial charge in [0.2, 0.25) is 0 Å². The lowest BCUT2D eigenvalue weighted by atomic mass is 10.1. The van der Waals surface area contributed by atoms with Crippen LogP contribution >= 0.6 is 0 Å². The van der Waals surface area contributed by atoms with Crippen LogP contribution in [0.4, 0.5) is 22.0 Å². The van der Waals surface area contributed by atoms with Gasteiger partial charge in [0.15, 0.2) is 11.6 Å². The molecule has 3 aromatic rings. The second kappa shape index (κ2) is 6.27. The summed E-state index contributed by atoms with van der Waals surface area (Å²) in [7, 11) is 1.42. The lowest BCUT2D eigenvalue weighted by molar-refractivity contribution is -0.137. The summed E-state index contributed by atoms with van der Waals surface area (Å²) in [5, 5.41) is 4.03. The molecule has 3 rings (SSSR count). The third-order valence-corrected chi connectivity index (χ3v) is 3.67. The van der Waals surface area contributed by atoms with Gasteiger partial charge in [0, 0.05) is 23.7 Å². The van der Waals surface area contributed by atoms with E-state index in [-0.39, 0.29) is 28.3 Å². The second-order valence-electron chi connectivity index (χ2n) is 5.31. The molecule has 0 atom stereocenters. The van der Waals surface area contributed by atoms with Crippen LogP contribution in [-0.4, -0.2) is 14.8 Å². The molecule has 0 aliphatic carbocycles. The molecular weight excluding hydrogens is 341 g/mol. The maximum Gasteiger partial charge on any atom is 0.417 e. The predicted octanol–water partition coefficient (Wildman–Crippen LogP) is 5.11. The molecule has 130 valence electrons. The molecule has 0 amide bonds. The first-order valence-corrected chi connectivity index (χ1v) is 7.24. The Morgan fingerprint density at radius 3 is 2.16 bits per heavy atom. The van der Waals surface area contributed by atoms with E-state index < -0.39 is 18.2 Å². The van der Waals surface area contributed by atoms with Crippen molar-refractivity contribution < 1.29 is 22.0 Å². The van der Waals surface area contributed by atoms with Crippen molar-refractivity contribution in [3.05, 3.63) is 59.7 Å². The minimum Gasteiger partial charge on any atom is -0.248 e. The molecule has 0 aliphatic heterocycles. The number of rotatable bonds is 3. The molecule has 8 heteroatoms. The highest BCUT2D eigenvalue weighted by molar-refractivity contribution is 5.67. The Hall–Kier alpha value is -2.77. The molecule has 3 nitrogen and oxygen atoms in total. The average Bonchev–Trinajstić information content (AvgIpc) is 2.95. The highest BCUT2D eigenvalue weighted by Gasteiger charge is 2.34. The number of aryl methyl sites for hydroxylation is 1. The van der Waals surface area contributed by atoms with Crippen LogP contribution in [0.2, 0.25) is 0 Å². The van der Waals surface area contributed by atoms with Crippen LogP contribution in [-0.2, 0) is 13.2 Å². The van der Waals surface area contributed by atoms with Crippen LogP contribution in [0, 0.1) is 0 Å². The number of nitrogens with zero attached hydrogens (tertiary/aromatic N) is 3. The molecule has 0 radical (unpaired) electrons. The molecule has 0 unspecified atom stereocenters. The minimum atomic E-state index is -4.57. The van der Waals surface area contributed by atoms with E-state index in [1.165, 1.54) is 43.4 Å². The first-order chi connectivity index (χ1) is 11.8. The minimum absolute atomic E-state index is 0.0491. The van der Waals surface area contributed by atoms with Crippen LogP contribution in [0.3, 0.4) is 0 Å². The summed E-state index contributed by atoms with van der Waals surface area (Å²) in [6.45, 7) is 0. The fourth-order valence-electron chi connectivity index (χ4n) is 2.55. The lowest BCUT2D eigenvalue weighted by Crippen LogP contribution is -2.08. The highest BCUT2D eigenvalue weighted by atomic mass is 19.4. The van der Waals surface area contributed by atoms with Gasteiger partial charge in [-0.3, -0.25) is 0 Å². The van der Waals surface area contributed by atoms with Gasteiger partial charge in [0.05, 0.1) is 5.56 Å². The first kappa shape index (κ1) is 17.1. The molecule has 0 N–H and O–H groups in total. The Morgan fingerprint density at radius 1 is 0.920 bits per heavy atom. The van der Waals surface area contributed by atoms with Crippen molar-refractivity contribution in [1.82, 2.24) is 14.8 Å². The van der Waals surface area contributed by atoms with Crippen LogP contribution in [0.1, 0.15) is 17.6 Å². The van der Waals surface area contributed by atoms with Crippen molar-refractivity contribution in [3.63, 3.8) is 0 Å². The molecule has 2 aromatic carbocycles. The van der Waals surface area contributed by atoms with Gasteiger partial charge in [-0.05, 0) is 6.07 Å². The summed E-state index contributed by atoms with van der Waals surface area (Å²) in [4.78, 5) is 4.09. The Bertz CT molecular complexity index is 899. The van der Waals surface area contributed by atoms with E-state index >= 15 is 0 Å². The number of benzene rings is 2. The van der Waals surface area contributed by atoms with Gasteiger partial charge in [-0.2, -0.15) is 18.3 Å². The zero-order valence-corrected chi connectivity index (χ0v) is 12.9. The molecule has 25 heavy (non-hydrogen) atoms. The molecule has 1 heterocycles. The van der Waals surface area contributed by atoms with Crippen LogP contribution < -0.4 is 0 Å². The topological polar surface area (TPSA) is 30.7 Å². The Labute approximate surface area is 139 Å². The van der Waals surface area contributed by atoms with Gasteiger partial charge in [0.1, 0.15) is 0 Å². The maximum absolute atomic E-state index is 13.2. The summed E-state index contributed by atoms with van der Waals surface area (Å²) >= 11 is 0. The average molecular weight is 353 g/mol. The van der Waals surface area contributed by atoms with Gasteiger partial charge in [0.25, 0.3) is 6.43 Å². The number of halogens is 5. The normalized spacial score (nSPS) is 12.0. The van der Waals surface area contributed by atoms with Gasteiger partial charge in [-0.1, -0.05) is 42.5 Å². The SMILES string of the molecule is Cn1nc(-c2ccccc2C(F)F)nc1-c1ccccc1C(F)(F)F. The molecule has 0 spiro atoms. The molecule has 0 bridgehead atoms. The zero-order valence-electron chi connectivity index (χ0n) is 12.9. The molecule has 1 aromatic heterocycles. The van der Waals surface area contributed by atoms with Crippen molar-refractivity contribution in [2.24, 2.45) is 7.05 Å². The largest absolute Gasteiger partial charge is 0.417 e. The fourth-order valence-corrected chi connectivity index (χ4v) is 2.55. The van der Waals surface area contributed by atoms with E-state index in [0.717, 1.165) is 10.7 Å². The zero-order chi connectivity index (χ0) is 18.2. The molecular formula is C17H12F5N3. The van der Waals surface area contributed by atoms with E-state index in [1.807, 2.05) is 0 Å². The van der Waals surface area contributed by atoms with E-state index in [4.69, 9.17) is 0 Å². The third kappa shape index (κ3) is 3.24. The summed E-state index contributed by atoms with van der Waals surface area (Å²) < 4.78 is 67.1. The smallest absolute Gasteiger partial charge is 0.248 e. The fraction of sp³-hybridized carbons (Fsp3) is 0.176. The van der Waals surface area contributed by atoms with Crippen molar-refractivity contribution in [2.75, 3.05) is 0 Å². The van der Waals surface area contributed by atoms with E-state index in [1.54, 1.807) is 6.07 Å². The Morgan fingerprint density at radius 2 is 1.52 bits per heavy atom. The van der Waals surface area contributed by atoms with E-state index in [9.17, 15) is 22.0 Å². The van der Waals surface area contributed by atoms with Crippen molar-refractivity contribution in [3.8, 4) is 22.8 Å². The van der Waals surface area contributed by atoms with Crippen LogP contribution in [0.5, 0.6) is 0 Å². The summed E-state index contributed by atoms with van der Waals surface area (Å²) in [5.74, 6) is -0.0997. The van der Waals surface area contributed by atoms with Crippen LogP contribution in [0.25, 0.3) is 22.8 Å². The number of hydrogen-bond donors (Lipinski definition) is 0. The van der Waals surface area contributed by atoms with Crippen molar-refractivity contribution in [1.29, 1.82) is 0 Å². The highest BCUT2D eigenvalue weighted by Crippen LogP contribution is 2.37. The standard InChI is InChI=1S/C17H12F5N3/c1-25-16(12-8-4-5-9-13(12)17(20,21)22)23-15(24-25)11-7-3-2-6-10(11)14(18)19/h2-9,14H,1H3. The Kier molecular flexibility index (Phi) is 4.28. The predicted molar refractivity (Wildman–Crippen MR) is 81.8 cm³/mol. The quantitative estimate of drug-likeness (QED) is 0.613. The van der Waals surface area contributed by atoms with E-state index in [2.05, 4.69) is 10.1 Å². The second-order valence-corrected chi connectivity index (χ2v) is 5.31. The van der Waals surface area contributed by atoms with Gasteiger partial charge < -0.3 is 0 Å². The van der Waals surface area contributed by atoms with Crippen molar-refractivity contribution >= 4 is 0 Å². The monoisotopic (exact) mass is 353 g/mol. The number of alkyl halides is 5. The maximum atomic E-state index is 13.2. The van der Waals surface area contributed by atoms with Gasteiger partial charge in [-0.15, -0.1) is 0 Å². The van der Waals surface area contributed by atoms with Crippen LogP contribution in [0.15, 0.2) is 48.5 Å². The van der Waals surface area contributed by atoms with Gasteiger partial charge in [-0.25, -0.2) is 18.4 Å². The molecule has 0 fully saturated rings. The summed E-state index contributed by atoms with van der Waals surface area (Å²) in [6, 6.07) is 10.6. The number of aromatic nitrogens is 3. The summed E-state index contributed by atoms with van der Waals surface area (Å²) in [5.41, 5.74) is -1.21. The third-order valence-electron chi connectivity index (χ3n) is 3.67. The lowest BCUT2D eigenvalue weighted by Gasteiger charge is -2.11. The molecule has 0 saturated carbocycles. The number of hydrogen-bond acceptors (Lipinski definition) is 2.